The number of aliphatic hydroxyl groups is 1. The fourth-order valence-corrected chi connectivity index (χ4v) is 2.95. The van der Waals surface area contributed by atoms with Crippen LogP contribution in [-0.4, -0.2) is 16.7 Å². The van der Waals surface area contributed by atoms with Crippen molar-refractivity contribution in [1.29, 1.82) is 0 Å². The summed E-state index contributed by atoms with van der Waals surface area (Å²) in [4.78, 5) is 0. The first-order valence-corrected chi connectivity index (χ1v) is 6.10. The lowest BCUT2D eigenvalue weighted by Crippen LogP contribution is -2.43. The normalized spacial score (nSPS) is 32.1. The highest BCUT2D eigenvalue weighted by atomic mass is 16.3. The third kappa shape index (κ3) is 1.57. The van der Waals surface area contributed by atoms with Gasteiger partial charge in [-0.2, -0.15) is 0 Å². The number of hydrogen-bond donors (Lipinski definition) is 2. The third-order valence-electron chi connectivity index (χ3n) is 3.83. The predicted molar refractivity (Wildman–Crippen MR) is 66.2 cm³/mol. The third-order valence-corrected chi connectivity index (χ3v) is 3.83. The van der Waals surface area contributed by atoms with Gasteiger partial charge in [-0.1, -0.05) is 43.7 Å². The van der Waals surface area contributed by atoms with Gasteiger partial charge in [0.2, 0.25) is 0 Å². The Morgan fingerprint density at radius 2 is 1.94 bits per heavy atom. The highest BCUT2D eigenvalue weighted by Gasteiger charge is 2.62. The van der Waals surface area contributed by atoms with E-state index >= 15 is 0 Å². The Kier molecular flexibility index (Phi) is 2.81. The van der Waals surface area contributed by atoms with Crippen molar-refractivity contribution in [1.82, 2.24) is 5.32 Å². The van der Waals surface area contributed by atoms with E-state index in [1.807, 2.05) is 25.1 Å². The van der Waals surface area contributed by atoms with Crippen molar-refractivity contribution in [2.75, 3.05) is 0 Å². The zero-order valence-corrected chi connectivity index (χ0v) is 10.3. The molecule has 1 aromatic carbocycles. The lowest BCUT2D eigenvalue weighted by atomic mass is 9.77. The van der Waals surface area contributed by atoms with Crippen LogP contribution in [0.4, 0.5) is 0 Å². The molecule has 0 amide bonds. The highest BCUT2D eigenvalue weighted by Crippen LogP contribution is 2.48. The van der Waals surface area contributed by atoms with Gasteiger partial charge in [0, 0.05) is 6.04 Å². The maximum absolute atomic E-state index is 10.7. The van der Waals surface area contributed by atoms with Gasteiger partial charge in [0.15, 0.2) is 0 Å². The first-order chi connectivity index (χ1) is 7.54. The molecule has 0 saturated carbocycles. The number of benzene rings is 1. The van der Waals surface area contributed by atoms with Crippen LogP contribution in [-0.2, 0) is 5.54 Å². The first-order valence-electron chi connectivity index (χ1n) is 6.10. The van der Waals surface area contributed by atoms with Gasteiger partial charge in [-0.05, 0) is 25.8 Å². The molecule has 0 aromatic heterocycles. The van der Waals surface area contributed by atoms with Crippen LogP contribution < -0.4 is 5.32 Å². The molecule has 16 heavy (non-hydrogen) atoms. The molecule has 0 radical (unpaired) electrons. The van der Waals surface area contributed by atoms with Gasteiger partial charge in [0.1, 0.15) is 0 Å². The predicted octanol–water partition coefficient (Wildman–Crippen LogP) is 2.42. The van der Waals surface area contributed by atoms with Crippen LogP contribution >= 0.6 is 0 Å². The van der Waals surface area contributed by atoms with E-state index in [4.69, 9.17) is 0 Å². The summed E-state index contributed by atoms with van der Waals surface area (Å²) in [7, 11) is 0. The fourth-order valence-electron chi connectivity index (χ4n) is 2.95. The quantitative estimate of drug-likeness (QED) is 0.764. The second-order valence-corrected chi connectivity index (χ2v) is 5.06. The minimum Gasteiger partial charge on any atom is -0.388 e. The van der Waals surface area contributed by atoms with E-state index in [0.29, 0.717) is 6.04 Å². The van der Waals surface area contributed by atoms with Crippen LogP contribution in [0.25, 0.3) is 0 Å². The monoisotopic (exact) mass is 219 g/mol. The average Bonchev–Trinajstić information content (AvgIpc) is 2.93. The molecule has 1 unspecified atom stereocenters. The molecule has 2 heteroatoms. The van der Waals surface area contributed by atoms with Crippen molar-refractivity contribution in [3.05, 3.63) is 35.9 Å². The molecule has 0 bridgehead atoms. The average molecular weight is 219 g/mol. The van der Waals surface area contributed by atoms with Crippen molar-refractivity contribution in [3.63, 3.8) is 0 Å². The van der Waals surface area contributed by atoms with E-state index in [9.17, 15) is 5.11 Å². The molecule has 1 fully saturated rings. The van der Waals surface area contributed by atoms with Crippen LogP contribution in [0, 0.1) is 0 Å². The second-order valence-electron chi connectivity index (χ2n) is 5.06. The Hall–Kier alpha value is -0.860. The Morgan fingerprint density at radius 1 is 1.38 bits per heavy atom. The van der Waals surface area contributed by atoms with Crippen LogP contribution in [0.2, 0.25) is 0 Å². The lowest BCUT2D eigenvalue weighted by molar-refractivity contribution is 0.00503. The highest BCUT2D eigenvalue weighted by molar-refractivity contribution is 5.38. The lowest BCUT2D eigenvalue weighted by Gasteiger charge is -2.33. The molecule has 1 aliphatic heterocycles. The van der Waals surface area contributed by atoms with E-state index < -0.39 is 5.60 Å². The SMILES string of the molecule is CCC[C@@](C)(O)C1(c2ccccc2)N[C@H]1C. The molecule has 2 N–H and O–H groups in total. The smallest absolute Gasteiger partial charge is 0.0879 e. The molecular weight excluding hydrogens is 198 g/mol. The topological polar surface area (TPSA) is 42.2 Å². The summed E-state index contributed by atoms with van der Waals surface area (Å²) in [6, 6.07) is 10.6. The summed E-state index contributed by atoms with van der Waals surface area (Å²) in [5, 5.41) is 14.1. The van der Waals surface area contributed by atoms with Gasteiger partial charge in [-0.25, -0.2) is 0 Å². The molecule has 1 aromatic rings. The Balaban J connectivity index is 2.35. The van der Waals surface area contributed by atoms with Crippen molar-refractivity contribution in [3.8, 4) is 0 Å². The van der Waals surface area contributed by atoms with Gasteiger partial charge in [-0.3, -0.25) is 5.32 Å². The minimum atomic E-state index is -0.678. The summed E-state index contributed by atoms with van der Waals surface area (Å²) in [6.45, 7) is 6.19. The molecule has 2 nitrogen and oxygen atoms in total. The molecule has 88 valence electrons. The maximum Gasteiger partial charge on any atom is 0.0879 e. The molecule has 3 atom stereocenters. The van der Waals surface area contributed by atoms with Crippen LogP contribution in [0.1, 0.15) is 39.2 Å². The molecule has 0 aliphatic carbocycles. The summed E-state index contributed by atoms with van der Waals surface area (Å²) in [6.07, 6.45) is 1.81. The van der Waals surface area contributed by atoms with E-state index in [-0.39, 0.29) is 5.54 Å². The van der Waals surface area contributed by atoms with Crippen molar-refractivity contribution in [2.45, 2.75) is 50.8 Å². The van der Waals surface area contributed by atoms with Crippen LogP contribution in [0.3, 0.4) is 0 Å². The summed E-state index contributed by atoms with van der Waals surface area (Å²) < 4.78 is 0. The van der Waals surface area contributed by atoms with E-state index in [1.165, 1.54) is 5.56 Å². The molecule has 1 saturated heterocycles. The van der Waals surface area contributed by atoms with Gasteiger partial charge >= 0.3 is 0 Å². The zero-order valence-electron chi connectivity index (χ0n) is 10.3. The minimum absolute atomic E-state index is 0.246. The standard InChI is InChI=1S/C14H21NO/c1-4-10-13(3,16)14(11(2)15-14)12-8-6-5-7-9-12/h5-9,11,15-16H,4,10H2,1-3H3/t11-,13+,14?/m0/s1. The van der Waals surface area contributed by atoms with Crippen molar-refractivity contribution in [2.24, 2.45) is 0 Å². The Labute approximate surface area is 97.7 Å². The van der Waals surface area contributed by atoms with Gasteiger partial charge < -0.3 is 5.11 Å². The Bertz CT molecular complexity index is 360. The largest absolute Gasteiger partial charge is 0.388 e. The van der Waals surface area contributed by atoms with Crippen LogP contribution in [0.5, 0.6) is 0 Å². The molecule has 0 spiro atoms. The second kappa shape index (κ2) is 3.86. The molecule has 2 rings (SSSR count). The van der Waals surface area contributed by atoms with Crippen molar-refractivity contribution >= 4 is 0 Å². The zero-order chi connectivity index (χ0) is 11.8. The van der Waals surface area contributed by atoms with Crippen molar-refractivity contribution < 1.29 is 5.11 Å². The Morgan fingerprint density at radius 3 is 2.38 bits per heavy atom. The molecule has 1 heterocycles. The molecule has 1 aliphatic rings. The van der Waals surface area contributed by atoms with Gasteiger partial charge in [0.25, 0.3) is 0 Å². The fraction of sp³-hybridized carbons (Fsp3) is 0.571. The summed E-state index contributed by atoms with van der Waals surface area (Å²) in [5.74, 6) is 0. The van der Waals surface area contributed by atoms with Gasteiger partial charge in [0.05, 0.1) is 11.1 Å². The number of rotatable bonds is 4. The maximum atomic E-state index is 10.7. The number of hydrogen-bond acceptors (Lipinski definition) is 2. The van der Waals surface area contributed by atoms with Crippen LogP contribution in [0.15, 0.2) is 30.3 Å². The summed E-state index contributed by atoms with van der Waals surface area (Å²) in [5.41, 5.74) is 0.272. The molecular formula is C14H21NO. The van der Waals surface area contributed by atoms with E-state index in [0.717, 1.165) is 12.8 Å². The van der Waals surface area contributed by atoms with Gasteiger partial charge in [-0.15, -0.1) is 0 Å². The summed E-state index contributed by atoms with van der Waals surface area (Å²) >= 11 is 0. The first kappa shape index (κ1) is 11.6. The van der Waals surface area contributed by atoms with E-state index in [1.54, 1.807) is 0 Å². The van der Waals surface area contributed by atoms with E-state index in [2.05, 4.69) is 31.3 Å². The number of nitrogens with one attached hydrogen (secondary N) is 1.